The van der Waals surface area contributed by atoms with Crippen LogP contribution in [0.2, 0.25) is 0 Å². The van der Waals surface area contributed by atoms with Crippen LogP contribution in [0.4, 0.5) is 5.13 Å². The number of hydrogen-bond acceptors (Lipinski definition) is 11. The highest BCUT2D eigenvalue weighted by Gasteiger charge is 2.55. The van der Waals surface area contributed by atoms with Crippen LogP contribution in [0.15, 0.2) is 147 Å². The van der Waals surface area contributed by atoms with Gasteiger partial charge in [-0.25, -0.2) is 9.78 Å². The zero-order chi connectivity index (χ0) is 38.6. The molecule has 280 valence electrons. The first-order valence-corrected chi connectivity index (χ1v) is 20.3. The Kier molecular flexibility index (Phi) is 11.1. The zero-order valence-electron chi connectivity index (χ0n) is 30.6. The Balaban J connectivity index is 1.15. The lowest BCUT2D eigenvalue weighted by Crippen LogP contribution is -2.73. The summed E-state index contributed by atoms with van der Waals surface area (Å²) in [5, 5.41) is 12.9. The summed E-state index contributed by atoms with van der Waals surface area (Å²) >= 11 is 4.18. The van der Waals surface area contributed by atoms with Gasteiger partial charge in [-0.15, -0.1) is 23.1 Å². The summed E-state index contributed by atoms with van der Waals surface area (Å²) in [6.45, 7) is 5.35. The summed E-state index contributed by atoms with van der Waals surface area (Å²) in [6.07, 6.45) is 0. The maximum atomic E-state index is 14.0. The van der Waals surface area contributed by atoms with Gasteiger partial charge < -0.3 is 20.2 Å². The maximum Gasteiger partial charge on any atom is 0.357 e. The molecule has 10 nitrogen and oxygen atoms in total. The van der Waals surface area contributed by atoms with E-state index in [0.29, 0.717) is 15.1 Å². The summed E-state index contributed by atoms with van der Waals surface area (Å²) in [5.41, 5.74) is 1.74. The second-order valence-electron chi connectivity index (χ2n) is 13.7. The van der Waals surface area contributed by atoms with E-state index in [4.69, 9.17) is 14.6 Å². The number of oxime groups is 1. The number of aromatic nitrogens is 1. The summed E-state index contributed by atoms with van der Waals surface area (Å²) in [6, 6.07) is 38.6. The Hall–Kier alpha value is -5.37. The molecule has 3 heterocycles. The standard InChI is InChI=1S/C42H39N5O5S3/c1-41(2,3)52-38(50)35-39(55-30-23-15-8-16-24-30)53-26-32-34(37(49)47(32)35)44-36(48)33(46-51-4)31-25-54-40(43-31)45-42(27-17-9-5-10-18-27,28-19-11-6-12-20-28)29-21-13-7-14-22-29/h5-25,32,34H,26H2,1-4H3,(H,43,45)(H,44,48). The number of thiazole rings is 1. The van der Waals surface area contributed by atoms with Crippen molar-refractivity contribution in [2.24, 2.45) is 5.16 Å². The number of esters is 1. The number of benzene rings is 4. The van der Waals surface area contributed by atoms with Crippen molar-refractivity contribution >= 4 is 63.5 Å². The van der Waals surface area contributed by atoms with Gasteiger partial charge in [0, 0.05) is 16.0 Å². The zero-order valence-corrected chi connectivity index (χ0v) is 33.0. The molecule has 2 aliphatic heterocycles. The molecule has 55 heavy (non-hydrogen) atoms. The molecule has 0 radical (unpaired) electrons. The number of nitrogens with one attached hydrogen (secondary N) is 2. The number of rotatable bonds is 12. The van der Waals surface area contributed by atoms with E-state index in [-0.39, 0.29) is 17.1 Å². The van der Waals surface area contributed by atoms with Crippen LogP contribution in [0, 0.1) is 0 Å². The smallest absolute Gasteiger partial charge is 0.357 e. The highest BCUT2D eigenvalue weighted by Crippen LogP contribution is 2.47. The molecule has 0 aliphatic carbocycles. The second kappa shape index (κ2) is 16.2. The first kappa shape index (κ1) is 37.9. The van der Waals surface area contributed by atoms with Gasteiger partial charge in [-0.05, 0) is 49.6 Å². The number of ether oxygens (including phenoxy) is 1. The van der Waals surface area contributed by atoms with Crippen molar-refractivity contribution < 1.29 is 24.0 Å². The molecular formula is C42H39N5O5S3. The average molecular weight is 790 g/mol. The Labute approximate surface area is 332 Å². The van der Waals surface area contributed by atoms with Crippen LogP contribution in [0.5, 0.6) is 0 Å². The second-order valence-corrected chi connectivity index (χ2v) is 17.0. The minimum Gasteiger partial charge on any atom is -0.455 e. The van der Waals surface area contributed by atoms with Crippen molar-refractivity contribution in [2.75, 3.05) is 18.2 Å². The van der Waals surface area contributed by atoms with Crippen LogP contribution < -0.4 is 10.6 Å². The molecule has 5 aromatic rings. The Morgan fingerprint density at radius 3 is 1.93 bits per heavy atom. The number of hydrogen-bond donors (Lipinski definition) is 2. The van der Waals surface area contributed by atoms with E-state index in [0.717, 1.165) is 21.6 Å². The van der Waals surface area contributed by atoms with Gasteiger partial charge in [-0.2, -0.15) is 0 Å². The molecule has 1 aromatic heterocycles. The summed E-state index contributed by atoms with van der Waals surface area (Å²) in [4.78, 5) is 53.8. The predicted octanol–water partition coefficient (Wildman–Crippen LogP) is 7.64. The van der Waals surface area contributed by atoms with Gasteiger partial charge in [-0.3, -0.25) is 14.5 Å². The van der Waals surface area contributed by atoms with Crippen molar-refractivity contribution in [3.63, 3.8) is 0 Å². The number of fused-ring (bicyclic) bond motifs is 1. The number of carbonyl (C=O) groups excluding carboxylic acids is 3. The molecule has 2 N–H and O–H groups in total. The van der Waals surface area contributed by atoms with Crippen molar-refractivity contribution in [3.05, 3.63) is 159 Å². The molecule has 0 spiro atoms. The van der Waals surface area contributed by atoms with E-state index in [1.54, 1.807) is 26.2 Å². The van der Waals surface area contributed by atoms with E-state index >= 15 is 0 Å². The largest absolute Gasteiger partial charge is 0.455 e. The molecule has 2 atom stereocenters. The monoisotopic (exact) mass is 789 g/mol. The van der Waals surface area contributed by atoms with E-state index in [9.17, 15) is 14.4 Å². The topological polar surface area (TPSA) is 122 Å². The van der Waals surface area contributed by atoms with Crippen LogP contribution in [-0.2, 0) is 29.5 Å². The summed E-state index contributed by atoms with van der Waals surface area (Å²) < 4.78 is 6.42. The van der Waals surface area contributed by atoms with Gasteiger partial charge in [0.05, 0.1) is 10.3 Å². The highest BCUT2D eigenvalue weighted by atomic mass is 32.2. The van der Waals surface area contributed by atoms with Gasteiger partial charge in [0.2, 0.25) is 0 Å². The minimum atomic E-state index is -0.902. The van der Waals surface area contributed by atoms with E-state index in [1.807, 2.05) is 84.9 Å². The van der Waals surface area contributed by atoms with Crippen LogP contribution in [-0.4, -0.2) is 63.9 Å². The van der Waals surface area contributed by atoms with Crippen LogP contribution >= 0.6 is 34.9 Å². The SMILES string of the molecule is CON=C(C(=O)NC1C(=O)N2C(C(=O)OC(C)(C)C)=C(Sc3ccccc3)SCC12)c1csc(NC(c2ccccc2)(c2ccccc2)c2ccccc2)n1. The lowest BCUT2D eigenvalue weighted by atomic mass is 9.77. The molecule has 0 bridgehead atoms. The van der Waals surface area contributed by atoms with Gasteiger partial charge in [-0.1, -0.05) is 126 Å². The number of anilines is 1. The molecule has 1 fully saturated rings. The van der Waals surface area contributed by atoms with E-state index < -0.39 is 41.0 Å². The number of β-lactam (4-membered cyclic amide) rings is 1. The molecule has 2 aliphatic rings. The third-order valence-corrected chi connectivity index (χ3v) is 12.1. The maximum absolute atomic E-state index is 14.0. The predicted molar refractivity (Wildman–Crippen MR) is 219 cm³/mol. The number of carbonyl (C=O) groups is 3. The lowest BCUT2D eigenvalue weighted by Gasteiger charge is -2.50. The first-order valence-electron chi connectivity index (χ1n) is 17.6. The lowest BCUT2D eigenvalue weighted by molar-refractivity contribution is -0.160. The van der Waals surface area contributed by atoms with Crippen LogP contribution in [0.25, 0.3) is 0 Å². The fourth-order valence-corrected chi connectivity index (χ4v) is 9.79. The molecule has 2 amide bonds. The molecule has 7 rings (SSSR count). The van der Waals surface area contributed by atoms with Gasteiger partial charge in [0.25, 0.3) is 11.8 Å². The van der Waals surface area contributed by atoms with Crippen molar-refractivity contribution in [3.8, 4) is 0 Å². The fourth-order valence-electron chi connectivity index (χ4n) is 6.55. The van der Waals surface area contributed by atoms with Gasteiger partial charge >= 0.3 is 5.97 Å². The summed E-state index contributed by atoms with van der Waals surface area (Å²) in [5.74, 6) is -1.18. The number of amides is 2. The van der Waals surface area contributed by atoms with E-state index in [1.165, 1.54) is 46.9 Å². The fraction of sp³-hybridized carbons (Fsp3) is 0.214. The van der Waals surface area contributed by atoms with Crippen molar-refractivity contribution in [1.82, 2.24) is 15.2 Å². The van der Waals surface area contributed by atoms with Crippen molar-refractivity contribution in [2.45, 2.75) is 48.9 Å². The van der Waals surface area contributed by atoms with Crippen molar-refractivity contribution in [1.29, 1.82) is 0 Å². The van der Waals surface area contributed by atoms with Crippen LogP contribution in [0.1, 0.15) is 43.2 Å². The van der Waals surface area contributed by atoms with Gasteiger partial charge in [0.15, 0.2) is 16.5 Å². The first-order chi connectivity index (χ1) is 26.6. The highest BCUT2D eigenvalue weighted by molar-refractivity contribution is 8.22. The molecule has 4 aromatic carbocycles. The normalized spacial score (nSPS) is 17.2. The molecular weight excluding hydrogens is 751 g/mol. The molecule has 13 heteroatoms. The molecule has 2 unspecified atom stereocenters. The Morgan fingerprint density at radius 1 is 0.855 bits per heavy atom. The van der Waals surface area contributed by atoms with Crippen LogP contribution in [0.3, 0.4) is 0 Å². The third kappa shape index (κ3) is 7.91. The third-order valence-electron chi connectivity index (χ3n) is 8.93. The Morgan fingerprint density at radius 2 is 1.40 bits per heavy atom. The summed E-state index contributed by atoms with van der Waals surface area (Å²) in [7, 11) is 1.35. The van der Waals surface area contributed by atoms with E-state index in [2.05, 4.69) is 52.2 Å². The van der Waals surface area contributed by atoms with Gasteiger partial charge in [0.1, 0.15) is 30.0 Å². The minimum absolute atomic E-state index is 0.0884. The average Bonchev–Trinajstić information content (AvgIpc) is 3.66. The number of nitrogens with zero attached hydrogens (tertiary/aromatic N) is 3. The quantitative estimate of drug-likeness (QED) is 0.0432. The molecule has 0 saturated carbocycles. The Bertz CT molecular complexity index is 2130. The molecule has 1 saturated heterocycles. The number of thioether (sulfide) groups is 2.